The van der Waals surface area contributed by atoms with Crippen molar-refractivity contribution in [2.45, 2.75) is 18.7 Å². The lowest BCUT2D eigenvalue weighted by atomic mass is 10.2. The molecule has 1 heterocycles. The first-order valence-electron chi connectivity index (χ1n) is 8.06. The van der Waals surface area contributed by atoms with Crippen LogP contribution in [0.4, 0.5) is 5.69 Å². The highest BCUT2D eigenvalue weighted by atomic mass is 79.9. The first-order chi connectivity index (χ1) is 12.7. The minimum atomic E-state index is -3.78. The second-order valence-corrected chi connectivity index (χ2v) is 10.3. The maximum Gasteiger partial charge on any atom is 0.243 e. The molecule has 142 valence electrons. The van der Waals surface area contributed by atoms with Gasteiger partial charge in [-0.1, -0.05) is 15.9 Å². The van der Waals surface area contributed by atoms with E-state index < -0.39 is 15.9 Å². The van der Waals surface area contributed by atoms with Gasteiger partial charge in [-0.3, -0.25) is 4.79 Å². The zero-order chi connectivity index (χ0) is 19.8. The minimum Gasteiger partial charge on any atom is -0.325 e. The van der Waals surface area contributed by atoms with Crippen LogP contribution in [0.15, 0.2) is 45.8 Å². The highest BCUT2D eigenvalue weighted by molar-refractivity contribution is 9.10. The van der Waals surface area contributed by atoms with Crippen LogP contribution in [-0.2, 0) is 14.8 Å². The lowest BCUT2D eigenvalue weighted by Crippen LogP contribution is -2.34. The first kappa shape index (κ1) is 19.9. The largest absolute Gasteiger partial charge is 0.325 e. The fraction of sp³-hybridized carbons (Fsp3) is 0.222. The molecule has 0 aliphatic rings. The molecule has 0 aliphatic carbocycles. The number of aryl methyl sites for hydroxylation is 2. The first-order valence-corrected chi connectivity index (χ1v) is 11.1. The number of benzene rings is 2. The number of hydrogen-bond donors (Lipinski definition) is 1. The number of hydrogen-bond acceptors (Lipinski definition) is 5. The molecule has 0 spiro atoms. The van der Waals surface area contributed by atoms with Gasteiger partial charge >= 0.3 is 0 Å². The molecule has 1 N–H and O–H groups in total. The van der Waals surface area contributed by atoms with E-state index >= 15 is 0 Å². The Labute approximate surface area is 170 Å². The summed E-state index contributed by atoms with van der Waals surface area (Å²) in [5.41, 5.74) is 2.36. The van der Waals surface area contributed by atoms with E-state index in [9.17, 15) is 13.2 Å². The fourth-order valence-electron chi connectivity index (χ4n) is 2.57. The van der Waals surface area contributed by atoms with E-state index in [1.807, 2.05) is 26.0 Å². The molecule has 3 aromatic rings. The summed E-state index contributed by atoms with van der Waals surface area (Å²) in [6, 6.07) is 10.2. The van der Waals surface area contributed by atoms with Gasteiger partial charge in [0, 0.05) is 17.2 Å². The standard InChI is InChI=1S/C18H18BrN3O3S2/c1-11-8-13(4-6-15(11)19)21-18(23)10-22(3)27(24,25)14-5-7-16-17(9-14)26-12(2)20-16/h4-9H,10H2,1-3H3,(H,21,23). The van der Waals surface area contributed by atoms with Crippen LogP contribution in [0.3, 0.4) is 0 Å². The molecule has 0 aliphatic heterocycles. The number of amides is 1. The van der Waals surface area contributed by atoms with E-state index in [1.165, 1.54) is 24.5 Å². The van der Waals surface area contributed by atoms with Gasteiger partial charge < -0.3 is 5.32 Å². The summed E-state index contributed by atoms with van der Waals surface area (Å²) in [4.78, 5) is 16.8. The number of thiazole rings is 1. The number of anilines is 1. The van der Waals surface area contributed by atoms with Gasteiger partial charge in [0.2, 0.25) is 15.9 Å². The summed E-state index contributed by atoms with van der Waals surface area (Å²) in [6.07, 6.45) is 0. The summed E-state index contributed by atoms with van der Waals surface area (Å²) >= 11 is 4.84. The predicted molar refractivity (Wildman–Crippen MR) is 112 cm³/mol. The summed E-state index contributed by atoms with van der Waals surface area (Å²) in [7, 11) is -2.39. The van der Waals surface area contributed by atoms with Gasteiger partial charge in [-0.15, -0.1) is 11.3 Å². The number of fused-ring (bicyclic) bond motifs is 1. The number of carbonyl (C=O) groups excluding carboxylic acids is 1. The molecule has 9 heteroatoms. The predicted octanol–water partition coefficient (Wildman–Crippen LogP) is 3.93. The normalized spacial score (nSPS) is 11.9. The number of carbonyl (C=O) groups is 1. The molecule has 0 unspecified atom stereocenters. The van der Waals surface area contributed by atoms with Crippen molar-refractivity contribution in [1.82, 2.24) is 9.29 Å². The molecule has 2 aromatic carbocycles. The highest BCUT2D eigenvalue weighted by Crippen LogP contribution is 2.26. The molecule has 0 fully saturated rings. The average Bonchev–Trinajstić information content (AvgIpc) is 2.97. The third-order valence-corrected chi connectivity index (χ3v) is 7.61. The van der Waals surface area contributed by atoms with Gasteiger partial charge in [0.05, 0.1) is 26.7 Å². The van der Waals surface area contributed by atoms with Crippen LogP contribution in [-0.4, -0.2) is 37.2 Å². The minimum absolute atomic E-state index is 0.147. The molecule has 0 saturated heterocycles. The van der Waals surface area contributed by atoms with E-state index in [2.05, 4.69) is 26.2 Å². The number of rotatable bonds is 5. The van der Waals surface area contributed by atoms with Crippen LogP contribution < -0.4 is 5.32 Å². The zero-order valence-corrected chi connectivity index (χ0v) is 18.2. The van der Waals surface area contributed by atoms with Gasteiger partial charge in [-0.2, -0.15) is 4.31 Å². The van der Waals surface area contributed by atoms with E-state index in [-0.39, 0.29) is 11.4 Å². The van der Waals surface area contributed by atoms with E-state index in [0.717, 1.165) is 29.6 Å². The number of nitrogens with zero attached hydrogens (tertiary/aromatic N) is 2. The Balaban J connectivity index is 1.75. The Hall–Kier alpha value is -1.81. The second-order valence-electron chi connectivity index (χ2n) is 6.14. The van der Waals surface area contributed by atoms with Crippen LogP contribution >= 0.6 is 27.3 Å². The van der Waals surface area contributed by atoms with Gasteiger partial charge in [-0.05, 0) is 55.8 Å². The zero-order valence-electron chi connectivity index (χ0n) is 15.0. The maximum atomic E-state index is 12.8. The van der Waals surface area contributed by atoms with Crippen LogP contribution in [0.25, 0.3) is 10.2 Å². The van der Waals surface area contributed by atoms with Gasteiger partial charge in [0.1, 0.15) is 0 Å². The highest BCUT2D eigenvalue weighted by Gasteiger charge is 2.23. The average molecular weight is 468 g/mol. The van der Waals surface area contributed by atoms with Gasteiger partial charge in [-0.25, -0.2) is 13.4 Å². The molecule has 27 heavy (non-hydrogen) atoms. The molecule has 1 amide bonds. The number of aromatic nitrogens is 1. The molecule has 3 rings (SSSR count). The van der Waals surface area contributed by atoms with Crippen LogP contribution in [0.1, 0.15) is 10.6 Å². The SMILES string of the molecule is Cc1nc2ccc(S(=O)(=O)N(C)CC(=O)Nc3ccc(Br)c(C)c3)cc2s1. The maximum absolute atomic E-state index is 12.8. The van der Waals surface area contributed by atoms with Crippen molar-refractivity contribution >= 4 is 59.1 Å². The summed E-state index contributed by atoms with van der Waals surface area (Å²) in [6.45, 7) is 3.50. The van der Waals surface area contributed by atoms with Crippen molar-refractivity contribution in [2.75, 3.05) is 18.9 Å². The Morgan fingerprint density at radius 3 is 2.67 bits per heavy atom. The molecule has 0 saturated carbocycles. The van der Waals surface area contributed by atoms with Crippen LogP contribution in [0.2, 0.25) is 0 Å². The number of halogens is 1. The Morgan fingerprint density at radius 2 is 1.96 bits per heavy atom. The third kappa shape index (κ3) is 4.37. The smallest absolute Gasteiger partial charge is 0.243 e. The summed E-state index contributed by atoms with van der Waals surface area (Å²) in [5, 5.41) is 3.60. The van der Waals surface area contributed by atoms with Crippen LogP contribution in [0, 0.1) is 13.8 Å². The number of likely N-dealkylation sites (N-methyl/N-ethyl adjacent to an activating group) is 1. The van der Waals surface area contributed by atoms with Crippen LogP contribution in [0.5, 0.6) is 0 Å². The Kier molecular flexibility index (Phi) is 5.66. The third-order valence-electron chi connectivity index (χ3n) is 3.98. The molecule has 0 atom stereocenters. The van der Waals surface area contributed by atoms with Crippen molar-refractivity contribution in [3.63, 3.8) is 0 Å². The fourth-order valence-corrected chi connectivity index (χ4v) is 4.91. The molecule has 1 aromatic heterocycles. The molecular formula is C18H18BrN3O3S2. The van der Waals surface area contributed by atoms with Crippen molar-refractivity contribution in [3.8, 4) is 0 Å². The summed E-state index contributed by atoms with van der Waals surface area (Å²) in [5.74, 6) is -0.405. The van der Waals surface area contributed by atoms with E-state index in [0.29, 0.717) is 5.69 Å². The molecule has 0 radical (unpaired) electrons. The molecule has 0 bridgehead atoms. The number of nitrogens with one attached hydrogen (secondary N) is 1. The van der Waals surface area contributed by atoms with Crippen molar-refractivity contribution in [1.29, 1.82) is 0 Å². The van der Waals surface area contributed by atoms with Gasteiger partial charge in [0.25, 0.3) is 0 Å². The Bertz CT molecular complexity index is 1130. The topological polar surface area (TPSA) is 79.4 Å². The number of sulfonamides is 1. The van der Waals surface area contributed by atoms with Crippen molar-refractivity contribution < 1.29 is 13.2 Å². The summed E-state index contributed by atoms with van der Waals surface area (Å²) < 4.78 is 28.4. The lowest BCUT2D eigenvalue weighted by molar-refractivity contribution is -0.116. The molecular weight excluding hydrogens is 450 g/mol. The van der Waals surface area contributed by atoms with Gasteiger partial charge in [0.15, 0.2) is 0 Å². The van der Waals surface area contributed by atoms with Crippen molar-refractivity contribution in [3.05, 3.63) is 51.4 Å². The molecule has 6 nitrogen and oxygen atoms in total. The van der Waals surface area contributed by atoms with E-state index in [4.69, 9.17) is 0 Å². The van der Waals surface area contributed by atoms with Crippen molar-refractivity contribution in [2.24, 2.45) is 0 Å². The second kappa shape index (κ2) is 7.67. The van der Waals surface area contributed by atoms with E-state index in [1.54, 1.807) is 18.2 Å². The lowest BCUT2D eigenvalue weighted by Gasteiger charge is -2.17. The Morgan fingerprint density at radius 1 is 1.22 bits per heavy atom. The quantitative estimate of drug-likeness (QED) is 0.616. The monoisotopic (exact) mass is 467 g/mol.